The Kier molecular flexibility index (Phi) is 4.31. The number of benzene rings is 1. The Morgan fingerprint density at radius 2 is 1.76 bits per heavy atom. The first kappa shape index (κ1) is 12.3. The molecule has 1 aromatic heterocycles. The fourth-order valence-electron chi connectivity index (χ4n) is 1.66. The van der Waals surface area contributed by atoms with Crippen LogP contribution in [0.15, 0.2) is 46.7 Å². The van der Waals surface area contributed by atoms with Gasteiger partial charge in [0.25, 0.3) is 0 Å². The molecular weight excluding hydrogens is 321 g/mol. The Hall–Kier alpha value is -1.16. The van der Waals surface area contributed by atoms with Crippen molar-refractivity contribution in [2.24, 2.45) is 0 Å². The minimum absolute atomic E-state index is 0.986. The molecule has 0 amide bonds. The smallest absolute Gasteiger partial charge is 0.0401 e. The first-order chi connectivity index (χ1) is 8.33. The van der Waals surface area contributed by atoms with E-state index in [1.807, 2.05) is 10.3 Å². The van der Waals surface area contributed by atoms with Crippen molar-refractivity contribution in [2.45, 2.75) is 13.3 Å². The number of aryl methyl sites for hydroxylation is 1. The van der Waals surface area contributed by atoms with E-state index in [1.165, 1.54) is 16.7 Å². The van der Waals surface area contributed by atoms with Crippen LogP contribution in [0.3, 0.4) is 0 Å². The van der Waals surface area contributed by atoms with Crippen molar-refractivity contribution in [3.8, 4) is 11.1 Å². The summed E-state index contributed by atoms with van der Waals surface area (Å²) in [5.74, 6) is 0. The van der Waals surface area contributed by atoms with Crippen LogP contribution in [0.1, 0.15) is 18.2 Å². The van der Waals surface area contributed by atoms with Gasteiger partial charge in [0.2, 0.25) is 0 Å². The highest BCUT2D eigenvalue weighted by Crippen LogP contribution is 2.19. The van der Waals surface area contributed by atoms with Gasteiger partial charge in [0, 0.05) is 17.5 Å². The predicted octanol–water partition coefficient (Wildman–Crippen LogP) is 4.72. The van der Waals surface area contributed by atoms with Crippen molar-refractivity contribution < 1.29 is 0 Å². The van der Waals surface area contributed by atoms with E-state index >= 15 is 0 Å². The van der Waals surface area contributed by atoms with Gasteiger partial charge < -0.3 is 0 Å². The van der Waals surface area contributed by atoms with Crippen LogP contribution in [-0.4, -0.2) is 4.98 Å². The quantitative estimate of drug-likeness (QED) is 0.740. The lowest BCUT2D eigenvalue weighted by Crippen LogP contribution is -1.86. The summed E-state index contributed by atoms with van der Waals surface area (Å²) in [5, 5.41) is 0. The van der Waals surface area contributed by atoms with Crippen molar-refractivity contribution in [1.29, 1.82) is 0 Å². The van der Waals surface area contributed by atoms with Crippen LogP contribution in [0.4, 0.5) is 0 Å². The van der Waals surface area contributed by atoms with E-state index < -0.39 is 0 Å². The average molecular weight is 335 g/mol. The molecule has 2 aromatic rings. The Bertz CT molecular complexity index is 497. The number of halogens is 1. The Morgan fingerprint density at radius 1 is 1.06 bits per heavy atom. The highest BCUT2D eigenvalue weighted by atomic mass is 127. The van der Waals surface area contributed by atoms with Gasteiger partial charge in [0.1, 0.15) is 0 Å². The molecule has 86 valence electrons. The standard InChI is InChI=1S/C15H14IN/c1-2-15-8-7-14(11-17-15)13-5-3-12(4-6-13)9-10-16/h3-11H,2H2,1H3/b10-9+. The second-order valence-electron chi connectivity index (χ2n) is 3.81. The van der Waals surface area contributed by atoms with E-state index in [0.29, 0.717) is 0 Å². The Morgan fingerprint density at radius 3 is 2.29 bits per heavy atom. The molecule has 1 heterocycles. The summed E-state index contributed by atoms with van der Waals surface area (Å²) in [6, 6.07) is 12.7. The summed E-state index contributed by atoms with van der Waals surface area (Å²) in [6.45, 7) is 2.12. The Balaban J connectivity index is 2.26. The lowest BCUT2D eigenvalue weighted by Gasteiger charge is -2.03. The summed E-state index contributed by atoms with van der Waals surface area (Å²) in [7, 11) is 0. The van der Waals surface area contributed by atoms with Crippen LogP contribution in [0.2, 0.25) is 0 Å². The molecule has 17 heavy (non-hydrogen) atoms. The zero-order valence-electron chi connectivity index (χ0n) is 9.73. The maximum atomic E-state index is 4.42. The molecule has 0 N–H and O–H groups in total. The normalized spacial score (nSPS) is 10.9. The highest BCUT2D eigenvalue weighted by molar-refractivity contribution is 14.1. The largest absolute Gasteiger partial charge is 0.261 e. The molecule has 0 fully saturated rings. The summed E-state index contributed by atoms with van der Waals surface area (Å²) >= 11 is 2.23. The van der Waals surface area contributed by atoms with Crippen molar-refractivity contribution in [1.82, 2.24) is 4.98 Å². The van der Waals surface area contributed by atoms with Gasteiger partial charge in [-0.25, -0.2) is 0 Å². The van der Waals surface area contributed by atoms with Crippen LogP contribution in [0.25, 0.3) is 17.2 Å². The first-order valence-electron chi connectivity index (χ1n) is 5.65. The molecule has 2 heteroatoms. The van der Waals surface area contributed by atoms with Gasteiger partial charge in [0.15, 0.2) is 0 Å². The third-order valence-corrected chi connectivity index (χ3v) is 3.05. The maximum absolute atomic E-state index is 4.42. The average Bonchev–Trinajstić information content (AvgIpc) is 2.40. The molecule has 0 bridgehead atoms. The predicted molar refractivity (Wildman–Crippen MR) is 82.1 cm³/mol. The number of nitrogens with zero attached hydrogens (tertiary/aromatic N) is 1. The highest BCUT2D eigenvalue weighted by Gasteiger charge is 1.98. The van der Waals surface area contributed by atoms with Crippen LogP contribution in [0, 0.1) is 0 Å². The summed E-state index contributed by atoms with van der Waals surface area (Å²) < 4.78 is 2.02. The second-order valence-corrected chi connectivity index (χ2v) is 4.53. The first-order valence-corrected chi connectivity index (χ1v) is 6.90. The molecule has 0 spiro atoms. The van der Waals surface area contributed by atoms with Crippen molar-refractivity contribution in [3.63, 3.8) is 0 Å². The van der Waals surface area contributed by atoms with E-state index in [9.17, 15) is 0 Å². The van der Waals surface area contributed by atoms with Crippen LogP contribution in [0.5, 0.6) is 0 Å². The Labute approximate surface area is 116 Å². The van der Waals surface area contributed by atoms with Gasteiger partial charge in [-0.05, 0) is 33.8 Å². The molecule has 0 unspecified atom stereocenters. The number of hydrogen-bond donors (Lipinski definition) is 0. The number of aromatic nitrogens is 1. The third-order valence-electron chi connectivity index (χ3n) is 2.69. The number of hydrogen-bond acceptors (Lipinski definition) is 1. The molecule has 0 saturated heterocycles. The van der Waals surface area contributed by atoms with E-state index in [0.717, 1.165) is 12.1 Å². The summed E-state index contributed by atoms with van der Waals surface area (Å²) in [4.78, 5) is 4.42. The van der Waals surface area contributed by atoms with E-state index in [4.69, 9.17) is 0 Å². The van der Waals surface area contributed by atoms with E-state index in [2.05, 4.69) is 77.0 Å². The van der Waals surface area contributed by atoms with E-state index in [1.54, 1.807) is 0 Å². The zero-order valence-corrected chi connectivity index (χ0v) is 11.9. The molecule has 0 aliphatic heterocycles. The molecule has 0 aliphatic rings. The van der Waals surface area contributed by atoms with Gasteiger partial charge >= 0.3 is 0 Å². The molecule has 0 radical (unpaired) electrons. The fraction of sp³-hybridized carbons (Fsp3) is 0.133. The summed E-state index contributed by atoms with van der Waals surface area (Å²) in [6.07, 6.45) is 5.02. The minimum Gasteiger partial charge on any atom is -0.261 e. The zero-order chi connectivity index (χ0) is 12.1. The molecule has 1 aromatic carbocycles. The van der Waals surface area contributed by atoms with Gasteiger partial charge in [-0.3, -0.25) is 4.98 Å². The van der Waals surface area contributed by atoms with Crippen LogP contribution >= 0.6 is 22.6 Å². The van der Waals surface area contributed by atoms with Gasteiger partial charge in [-0.15, -0.1) is 0 Å². The van der Waals surface area contributed by atoms with Crippen LogP contribution < -0.4 is 0 Å². The molecular formula is C15H14IN. The van der Waals surface area contributed by atoms with Gasteiger partial charge in [0.05, 0.1) is 0 Å². The summed E-state index contributed by atoms with van der Waals surface area (Å²) in [5.41, 5.74) is 4.75. The fourth-order valence-corrected chi connectivity index (χ4v) is 2.08. The van der Waals surface area contributed by atoms with Crippen molar-refractivity contribution in [2.75, 3.05) is 0 Å². The number of pyridine rings is 1. The maximum Gasteiger partial charge on any atom is 0.0401 e. The van der Waals surface area contributed by atoms with Crippen molar-refractivity contribution in [3.05, 3.63) is 57.9 Å². The van der Waals surface area contributed by atoms with Gasteiger partial charge in [-0.2, -0.15) is 0 Å². The number of rotatable bonds is 3. The molecule has 0 saturated carbocycles. The SMILES string of the molecule is CCc1ccc(-c2ccc(/C=C/I)cc2)cn1. The van der Waals surface area contributed by atoms with Crippen molar-refractivity contribution >= 4 is 28.7 Å². The monoisotopic (exact) mass is 335 g/mol. The lowest BCUT2D eigenvalue weighted by molar-refractivity contribution is 1.04. The lowest BCUT2D eigenvalue weighted by atomic mass is 10.1. The molecule has 0 atom stereocenters. The topological polar surface area (TPSA) is 12.9 Å². The third kappa shape index (κ3) is 3.16. The molecule has 2 rings (SSSR count). The second kappa shape index (κ2) is 5.96. The minimum atomic E-state index is 0.986. The van der Waals surface area contributed by atoms with E-state index in [-0.39, 0.29) is 0 Å². The van der Waals surface area contributed by atoms with Crippen LogP contribution in [-0.2, 0) is 6.42 Å². The molecule has 0 aliphatic carbocycles. The molecule has 1 nitrogen and oxygen atoms in total. The van der Waals surface area contributed by atoms with Gasteiger partial charge in [-0.1, -0.05) is 59.8 Å².